The fraction of sp³-hybridized carbons (Fsp3) is 0.812. The van der Waals surface area contributed by atoms with Crippen LogP contribution in [0.4, 0.5) is 4.79 Å². The Hall–Kier alpha value is -1.83. The molecule has 1 saturated heterocycles. The van der Waals surface area contributed by atoms with Crippen molar-refractivity contribution in [1.82, 2.24) is 10.2 Å². The van der Waals surface area contributed by atoms with Crippen LogP contribution in [0.1, 0.15) is 46.0 Å². The first kappa shape index (κ1) is 20.2. The molecular formula is C16H29N3O5. The summed E-state index contributed by atoms with van der Waals surface area (Å²) in [5, 5.41) is 11.7. The number of carbonyl (C=O) groups is 3. The van der Waals surface area contributed by atoms with Crippen molar-refractivity contribution in [2.75, 3.05) is 19.7 Å². The fourth-order valence-electron chi connectivity index (χ4n) is 2.60. The number of hydrogen-bond donors (Lipinski definition) is 3. The van der Waals surface area contributed by atoms with Gasteiger partial charge >= 0.3 is 12.1 Å². The highest BCUT2D eigenvalue weighted by atomic mass is 16.5. The average molecular weight is 343 g/mol. The molecule has 1 rings (SSSR count). The average Bonchev–Trinajstić information content (AvgIpc) is 3.01. The highest BCUT2D eigenvalue weighted by Gasteiger charge is 2.35. The van der Waals surface area contributed by atoms with Crippen LogP contribution in [-0.4, -0.2) is 59.8 Å². The number of likely N-dealkylation sites (tertiary alicyclic amines) is 1. The highest BCUT2D eigenvalue weighted by Crippen LogP contribution is 2.19. The van der Waals surface area contributed by atoms with Gasteiger partial charge in [-0.2, -0.15) is 0 Å². The summed E-state index contributed by atoms with van der Waals surface area (Å²) in [7, 11) is 0. The van der Waals surface area contributed by atoms with Crippen molar-refractivity contribution in [3.8, 4) is 0 Å². The predicted octanol–water partition coefficient (Wildman–Crippen LogP) is 0.942. The van der Waals surface area contributed by atoms with Gasteiger partial charge in [0.15, 0.2) is 0 Å². The first-order valence-corrected chi connectivity index (χ1v) is 8.52. The van der Waals surface area contributed by atoms with Crippen LogP contribution in [0.3, 0.4) is 0 Å². The molecule has 138 valence electrons. The van der Waals surface area contributed by atoms with Crippen molar-refractivity contribution >= 4 is 18.0 Å². The fourth-order valence-corrected chi connectivity index (χ4v) is 2.60. The number of rotatable bonds is 9. The Morgan fingerprint density at radius 1 is 1.33 bits per heavy atom. The number of unbranched alkanes of at least 4 members (excludes halogenated alkanes) is 1. The van der Waals surface area contributed by atoms with E-state index in [1.807, 2.05) is 13.8 Å². The van der Waals surface area contributed by atoms with Crippen LogP contribution in [0.5, 0.6) is 0 Å². The van der Waals surface area contributed by atoms with Gasteiger partial charge in [0.2, 0.25) is 5.91 Å². The molecule has 4 N–H and O–H groups in total. The molecule has 1 fully saturated rings. The van der Waals surface area contributed by atoms with Crippen molar-refractivity contribution < 1.29 is 24.2 Å². The molecule has 8 heteroatoms. The second-order valence-electron chi connectivity index (χ2n) is 6.55. The summed E-state index contributed by atoms with van der Waals surface area (Å²) in [6.07, 6.45) is 2.55. The van der Waals surface area contributed by atoms with Gasteiger partial charge in [0.05, 0.1) is 12.6 Å². The Morgan fingerprint density at radius 2 is 2.04 bits per heavy atom. The zero-order valence-corrected chi connectivity index (χ0v) is 14.5. The molecule has 0 aromatic rings. The van der Waals surface area contributed by atoms with Crippen molar-refractivity contribution in [2.24, 2.45) is 11.7 Å². The number of carboxylic acid groups (broad SMARTS) is 1. The summed E-state index contributed by atoms with van der Waals surface area (Å²) >= 11 is 0. The van der Waals surface area contributed by atoms with Gasteiger partial charge in [-0.05, 0) is 38.0 Å². The minimum atomic E-state index is -0.975. The lowest BCUT2D eigenvalue weighted by Crippen LogP contribution is -2.48. The van der Waals surface area contributed by atoms with Gasteiger partial charge in [-0.1, -0.05) is 13.8 Å². The maximum atomic E-state index is 12.2. The molecule has 8 nitrogen and oxygen atoms in total. The van der Waals surface area contributed by atoms with Gasteiger partial charge in [0, 0.05) is 13.1 Å². The lowest BCUT2D eigenvalue weighted by atomic mass is 10.1. The van der Waals surface area contributed by atoms with Crippen LogP contribution in [0.2, 0.25) is 0 Å². The van der Waals surface area contributed by atoms with E-state index in [1.165, 1.54) is 4.90 Å². The summed E-state index contributed by atoms with van der Waals surface area (Å²) < 4.78 is 4.98. The van der Waals surface area contributed by atoms with E-state index < -0.39 is 24.1 Å². The minimum absolute atomic E-state index is 0.292. The van der Waals surface area contributed by atoms with Gasteiger partial charge in [0.1, 0.15) is 6.04 Å². The maximum Gasteiger partial charge on any atom is 0.407 e. The van der Waals surface area contributed by atoms with E-state index in [4.69, 9.17) is 15.6 Å². The molecule has 0 bridgehead atoms. The normalized spacial score (nSPS) is 18.5. The highest BCUT2D eigenvalue weighted by molar-refractivity contribution is 5.87. The number of carbonyl (C=O) groups excluding carboxylic acids is 2. The number of alkyl carbamates (subject to hydrolysis) is 1. The molecule has 1 aliphatic rings. The molecule has 1 heterocycles. The number of aliphatic carboxylic acids is 1. The Morgan fingerprint density at radius 3 is 2.67 bits per heavy atom. The number of carboxylic acids is 1. The first-order valence-electron chi connectivity index (χ1n) is 8.52. The molecule has 0 radical (unpaired) electrons. The molecule has 2 amide bonds. The third kappa shape index (κ3) is 6.74. The zero-order valence-electron chi connectivity index (χ0n) is 14.5. The lowest BCUT2D eigenvalue weighted by Gasteiger charge is -2.24. The Bertz CT molecular complexity index is 441. The van der Waals surface area contributed by atoms with Crippen LogP contribution >= 0.6 is 0 Å². The molecule has 0 saturated carbocycles. The predicted molar refractivity (Wildman–Crippen MR) is 88.4 cm³/mol. The Labute approximate surface area is 142 Å². The van der Waals surface area contributed by atoms with E-state index >= 15 is 0 Å². The molecule has 0 aromatic carbocycles. The van der Waals surface area contributed by atoms with Crippen LogP contribution < -0.4 is 11.1 Å². The Kier molecular flexibility index (Phi) is 8.53. The number of ether oxygens (including phenoxy) is 1. The Balaban J connectivity index is 2.19. The minimum Gasteiger partial charge on any atom is -0.480 e. The monoisotopic (exact) mass is 343 g/mol. The number of nitrogens with one attached hydrogen (secondary N) is 1. The molecule has 1 aliphatic heterocycles. The van der Waals surface area contributed by atoms with Gasteiger partial charge < -0.3 is 25.8 Å². The molecule has 0 spiro atoms. The van der Waals surface area contributed by atoms with Crippen molar-refractivity contribution in [3.05, 3.63) is 0 Å². The second kappa shape index (κ2) is 10.1. The first-order chi connectivity index (χ1) is 11.3. The largest absolute Gasteiger partial charge is 0.480 e. The SMILES string of the molecule is CC(C)COC(=O)NCCCCC(N)C(=O)N1CCCC1C(=O)O. The summed E-state index contributed by atoms with van der Waals surface area (Å²) in [5.41, 5.74) is 5.89. The van der Waals surface area contributed by atoms with E-state index in [0.29, 0.717) is 57.7 Å². The van der Waals surface area contributed by atoms with Crippen LogP contribution in [-0.2, 0) is 14.3 Å². The summed E-state index contributed by atoms with van der Waals surface area (Å²) in [4.78, 5) is 36.1. The van der Waals surface area contributed by atoms with Gasteiger partial charge in [-0.3, -0.25) is 4.79 Å². The number of nitrogens with zero attached hydrogens (tertiary/aromatic N) is 1. The third-order valence-corrected chi connectivity index (χ3v) is 3.90. The van der Waals surface area contributed by atoms with Crippen LogP contribution in [0.25, 0.3) is 0 Å². The molecule has 2 unspecified atom stereocenters. The summed E-state index contributed by atoms with van der Waals surface area (Å²) in [6, 6.07) is -1.45. The lowest BCUT2D eigenvalue weighted by molar-refractivity contribution is -0.148. The zero-order chi connectivity index (χ0) is 18.1. The van der Waals surface area contributed by atoms with Crippen molar-refractivity contribution in [3.63, 3.8) is 0 Å². The van der Waals surface area contributed by atoms with Gasteiger partial charge in [-0.25, -0.2) is 9.59 Å². The van der Waals surface area contributed by atoms with Crippen LogP contribution in [0, 0.1) is 5.92 Å². The second-order valence-corrected chi connectivity index (χ2v) is 6.55. The maximum absolute atomic E-state index is 12.2. The topological polar surface area (TPSA) is 122 Å². The van der Waals surface area contributed by atoms with Crippen molar-refractivity contribution in [2.45, 2.75) is 58.0 Å². The van der Waals surface area contributed by atoms with Crippen LogP contribution in [0.15, 0.2) is 0 Å². The summed E-state index contributed by atoms with van der Waals surface area (Å²) in [5.74, 6) is -0.985. The van der Waals surface area contributed by atoms with E-state index in [9.17, 15) is 14.4 Å². The smallest absolute Gasteiger partial charge is 0.407 e. The standard InChI is InChI=1S/C16H29N3O5/c1-11(2)10-24-16(23)18-8-4-3-6-12(17)14(20)19-9-5-7-13(19)15(21)22/h11-13H,3-10,17H2,1-2H3,(H,18,23)(H,21,22). The quantitative estimate of drug-likeness (QED) is 0.536. The molecule has 24 heavy (non-hydrogen) atoms. The molecular weight excluding hydrogens is 314 g/mol. The molecule has 2 atom stereocenters. The number of hydrogen-bond acceptors (Lipinski definition) is 5. The number of nitrogens with two attached hydrogens (primary N) is 1. The van der Waals surface area contributed by atoms with E-state index in [1.54, 1.807) is 0 Å². The summed E-state index contributed by atoms with van der Waals surface area (Å²) in [6.45, 7) is 5.21. The number of amides is 2. The van der Waals surface area contributed by atoms with Gasteiger partial charge in [0.25, 0.3) is 0 Å². The van der Waals surface area contributed by atoms with Gasteiger partial charge in [-0.15, -0.1) is 0 Å². The molecule has 0 aromatic heterocycles. The third-order valence-electron chi connectivity index (χ3n) is 3.90. The van der Waals surface area contributed by atoms with E-state index in [-0.39, 0.29) is 5.91 Å². The van der Waals surface area contributed by atoms with Crippen molar-refractivity contribution in [1.29, 1.82) is 0 Å². The van der Waals surface area contributed by atoms with E-state index in [0.717, 1.165) is 0 Å². The molecule has 0 aliphatic carbocycles. The van der Waals surface area contributed by atoms with E-state index in [2.05, 4.69) is 5.32 Å².